The standard InChI is InChI=1S/C19H26N2O4.ClH/c1-24-18(22)12-25-15-7-4-5-13(9-15)11-20-19(23)17-10-14-6-2-3-8-16(14)21-17;/h4-5,7,9,14,16-17,21H,2-3,6,8,10-12H2,1H3,(H,20,23);1H. The molecule has 2 N–H and O–H groups in total. The lowest BCUT2D eigenvalue weighted by atomic mass is 9.85. The predicted octanol–water partition coefficient (Wildman–Crippen LogP) is 2.20. The first-order valence-corrected chi connectivity index (χ1v) is 8.98. The lowest BCUT2D eigenvalue weighted by Crippen LogP contribution is -2.42. The van der Waals surface area contributed by atoms with Crippen LogP contribution in [0.25, 0.3) is 0 Å². The van der Waals surface area contributed by atoms with Crippen molar-refractivity contribution in [2.24, 2.45) is 5.92 Å². The average Bonchev–Trinajstić information content (AvgIpc) is 3.09. The monoisotopic (exact) mass is 382 g/mol. The van der Waals surface area contributed by atoms with Gasteiger partial charge in [0.2, 0.25) is 5.91 Å². The number of fused-ring (bicyclic) bond motifs is 1. The maximum absolute atomic E-state index is 12.4. The number of hydrogen-bond donors (Lipinski definition) is 2. The molecule has 0 spiro atoms. The summed E-state index contributed by atoms with van der Waals surface area (Å²) in [6.45, 7) is 0.322. The number of rotatable bonds is 6. The molecule has 1 saturated carbocycles. The number of hydrogen-bond acceptors (Lipinski definition) is 5. The van der Waals surface area contributed by atoms with Crippen molar-refractivity contribution in [3.63, 3.8) is 0 Å². The van der Waals surface area contributed by atoms with Gasteiger partial charge in [0.25, 0.3) is 0 Å². The van der Waals surface area contributed by atoms with Gasteiger partial charge in [0.1, 0.15) is 5.75 Å². The van der Waals surface area contributed by atoms with Crippen molar-refractivity contribution in [2.45, 2.75) is 50.7 Å². The van der Waals surface area contributed by atoms with Gasteiger partial charge < -0.3 is 20.1 Å². The summed E-state index contributed by atoms with van der Waals surface area (Å²) in [6.07, 6.45) is 5.92. The van der Waals surface area contributed by atoms with E-state index >= 15 is 0 Å². The highest BCUT2D eigenvalue weighted by atomic mass is 35.5. The van der Waals surface area contributed by atoms with Gasteiger partial charge in [0.05, 0.1) is 13.2 Å². The summed E-state index contributed by atoms with van der Waals surface area (Å²) < 4.78 is 9.92. The van der Waals surface area contributed by atoms with Crippen LogP contribution in [0, 0.1) is 5.92 Å². The maximum atomic E-state index is 12.4. The van der Waals surface area contributed by atoms with Crippen LogP contribution in [0.1, 0.15) is 37.7 Å². The van der Waals surface area contributed by atoms with Crippen LogP contribution in [0.5, 0.6) is 5.75 Å². The minimum absolute atomic E-state index is 0. The molecule has 1 heterocycles. The first-order valence-electron chi connectivity index (χ1n) is 8.98. The molecule has 1 amide bonds. The Kier molecular flexibility index (Phi) is 7.72. The van der Waals surface area contributed by atoms with Crippen LogP contribution < -0.4 is 15.4 Å². The summed E-state index contributed by atoms with van der Waals surface area (Å²) in [5.74, 6) is 0.879. The van der Waals surface area contributed by atoms with E-state index in [0.717, 1.165) is 12.0 Å². The maximum Gasteiger partial charge on any atom is 0.343 e. The molecule has 1 aliphatic heterocycles. The number of carbonyl (C=O) groups excluding carboxylic acids is 2. The summed E-state index contributed by atoms with van der Waals surface area (Å²) in [4.78, 5) is 23.6. The van der Waals surface area contributed by atoms with E-state index in [0.29, 0.717) is 24.3 Å². The van der Waals surface area contributed by atoms with E-state index in [2.05, 4.69) is 15.4 Å². The summed E-state index contributed by atoms with van der Waals surface area (Å²) in [6, 6.07) is 7.80. The third-order valence-corrected chi connectivity index (χ3v) is 5.13. The second-order valence-electron chi connectivity index (χ2n) is 6.84. The minimum atomic E-state index is -0.424. The van der Waals surface area contributed by atoms with Gasteiger partial charge in [0.15, 0.2) is 6.61 Å². The van der Waals surface area contributed by atoms with Crippen LogP contribution >= 0.6 is 12.4 Å². The smallest absolute Gasteiger partial charge is 0.343 e. The summed E-state index contributed by atoms with van der Waals surface area (Å²) in [5.41, 5.74) is 0.936. The number of ether oxygens (including phenoxy) is 2. The average molecular weight is 383 g/mol. The number of carbonyl (C=O) groups is 2. The molecule has 3 unspecified atom stereocenters. The molecule has 1 aliphatic carbocycles. The molecule has 3 rings (SSSR count). The van der Waals surface area contributed by atoms with Crippen molar-refractivity contribution < 1.29 is 19.1 Å². The molecule has 6 nitrogen and oxygen atoms in total. The molecule has 0 bridgehead atoms. The van der Waals surface area contributed by atoms with Gasteiger partial charge in [-0.25, -0.2) is 4.79 Å². The molecule has 1 aromatic rings. The fourth-order valence-corrected chi connectivity index (χ4v) is 3.78. The van der Waals surface area contributed by atoms with Gasteiger partial charge >= 0.3 is 5.97 Å². The van der Waals surface area contributed by atoms with E-state index in [-0.39, 0.29) is 31.0 Å². The number of halogens is 1. The zero-order chi connectivity index (χ0) is 17.6. The van der Waals surface area contributed by atoms with Crippen LogP contribution in [-0.2, 0) is 20.9 Å². The molecule has 0 aromatic heterocycles. The summed E-state index contributed by atoms with van der Waals surface area (Å²) in [7, 11) is 1.32. The predicted molar refractivity (Wildman–Crippen MR) is 100 cm³/mol. The third-order valence-electron chi connectivity index (χ3n) is 5.13. The largest absolute Gasteiger partial charge is 0.482 e. The van der Waals surface area contributed by atoms with Gasteiger partial charge in [-0.05, 0) is 42.9 Å². The second-order valence-corrected chi connectivity index (χ2v) is 6.84. The van der Waals surface area contributed by atoms with Crippen molar-refractivity contribution >= 4 is 24.3 Å². The molecule has 144 valence electrons. The Bertz CT molecular complexity index is 611. The topological polar surface area (TPSA) is 76.7 Å². The van der Waals surface area contributed by atoms with Gasteiger partial charge in [-0.3, -0.25) is 4.79 Å². The van der Waals surface area contributed by atoms with Crippen LogP contribution in [0.4, 0.5) is 0 Å². The lowest BCUT2D eigenvalue weighted by Gasteiger charge is -2.24. The van der Waals surface area contributed by atoms with Crippen molar-refractivity contribution in [3.05, 3.63) is 29.8 Å². The first kappa shape index (κ1) is 20.5. The first-order chi connectivity index (χ1) is 12.2. The Balaban J connectivity index is 0.00000243. The molecule has 3 atom stereocenters. The number of esters is 1. The number of amides is 1. The van der Waals surface area contributed by atoms with Crippen LogP contribution in [0.3, 0.4) is 0 Å². The minimum Gasteiger partial charge on any atom is -0.482 e. The van der Waals surface area contributed by atoms with E-state index in [1.54, 1.807) is 6.07 Å². The molecular weight excluding hydrogens is 356 g/mol. The fourth-order valence-electron chi connectivity index (χ4n) is 3.78. The van der Waals surface area contributed by atoms with Crippen molar-refractivity contribution in [2.75, 3.05) is 13.7 Å². The molecule has 0 radical (unpaired) electrons. The van der Waals surface area contributed by atoms with Gasteiger partial charge in [-0.1, -0.05) is 25.0 Å². The summed E-state index contributed by atoms with van der Waals surface area (Å²) in [5, 5.41) is 6.50. The highest BCUT2D eigenvalue weighted by Crippen LogP contribution is 2.33. The second kappa shape index (κ2) is 9.78. The van der Waals surface area contributed by atoms with E-state index < -0.39 is 5.97 Å². The van der Waals surface area contributed by atoms with E-state index in [1.165, 1.54) is 32.8 Å². The number of nitrogens with one attached hydrogen (secondary N) is 2. The zero-order valence-corrected chi connectivity index (χ0v) is 15.8. The Morgan fingerprint density at radius 3 is 2.85 bits per heavy atom. The number of benzene rings is 1. The Hall–Kier alpha value is -1.79. The van der Waals surface area contributed by atoms with Gasteiger partial charge in [-0.15, -0.1) is 12.4 Å². The van der Waals surface area contributed by atoms with Crippen LogP contribution in [0.15, 0.2) is 24.3 Å². The van der Waals surface area contributed by atoms with Crippen molar-refractivity contribution in [3.8, 4) is 5.75 Å². The molecular formula is C19H27ClN2O4. The Morgan fingerprint density at radius 1 is 1.27 bits per heavy atom. The molecule has 26 heavy (non-hydrogen) atoms. The van der Waals surface area contributed by atoms with E-state index in [4.69, 9.17) is 4.74 Å². The van der Waals surface area contributed by atoms with E-state index in [1.807, 2.05) is 18.2 Å². The highest BCUT2D eigenvalue weighted by molar-refractivity contribution is 5.85. The SMILES string of the molecule is COC(=O)COc1cccc(CNC(=O)C2CC3CCCCC3N2)c1.Cl. The normalized spacial score (nSPS) is 24.1. The Morgan fingerprint density at radius 2 is 2.08 bits per heavy atom. The van der Waals surface area contributed by atoms with Crippen molar-refractivity contribution in [1.29, 1.82) is 0 Å². The van der Waals surface area contributed by atoms with E-state index in [9.17, 15) is 9.59 Å². The number of methoxy groups -OCH3 is 1. The lowest BCUT2D eigenvalue weighted by molar-refractivity contribution is -0.142. The summed E-state index contributed by atoms with van der Waals surface area (Å²) >= 11 is 0. The van der Waals surface area contributed by atoms with Gasteiger partial charge in [-0.2, -0.15) is 0 Å². The Labute approximate surface area is 160 Å². The molecule has 1 aromatic carbocycles. The molecule has 2 fully saturated rings. The fraction of sp³-hybridized carbons (Fsp3) is 0.579. The van der Waals surface area contributed by atoms with Crippen LogP contribution in [0.2, 0.25) is 0 Å². The van der Waals surface area contributed by atoms with Crippen molar-refractivity contribution in [1.82, 2.24) is 10.6 Å². The molecule has 7 heteroatoms. The molecule has 2 aliphatic rings. The molecule has 1 saturated heterocycles. The third kappa shape index (κ3) is 5.35. The zero-order valence-electron chi connectivity index (χ0n) is 15.0. The van der Waals surface area contributed by atoms with Crippen LogP contribution in [-0.4, -0.2) is 37.7 Å². The highest BCUT2D eigenvalue weighted by Gasteiger charge is 2.37. The van der Waals surface area contributed by atoms with Gasteiger partial charge in [0, 0.05) is 12.6 Å². The quantitative estimate of drug-likeness (QED) is 0.737.